The van der Waals surface area contributed by atoms with E-state index in [1.54, 1.807) is 0 Å². The summed E-state index contributed by atoms with van der Waals surface area (Å²) in [5.41, 5.74) is 5.19. The van der Waals surface area contributed by atoms with E-state index in [2.05, 4.69) is 30.6 Å². The number of H-pyrrole nitrogens is 1. The van der Waals surface area contributed by atoms with Gasteiger partial charge in [-0.1, -0.05) is 11.6 Å². The monoisotopic (exact) mass is 225 g/mol. The molecule has 76 valence electrons. The van der Waals surface area contributed by atoms with Gasteiger partial charge in [0, 0.05) is 0 Å². The van der Waals surface area contributed by atoms with Gasteiger partial charge in [-0.05, 0) is 10.4 Å². The Bertz CT molecular complexity index is 496. The van der Waals surface area contributed by atoms with Crippen molar-refractivity contribution < 1.29 is 4.79 Å². The second-order valence-electron chi connectivity index (χ2n) is 2.50. The Labute approximate surface area is 87.9 Å². The van der Waals surface area contributed by atoms with Crippen LogP contribution in [0, 0.1) is 0 Å². The minimum atomic E-state index is -0.753. The van der Waals surface area contributed by atoms with Crippen molar-refractivity contribution in [1.82, 2.24) is 30.6 Å². The molecule has 0 unspecified atom stereocenters. The number of aromatic nitrogens is 6. The van der Waals surface area contributed by atoms with Crippen LogP contribution < -0.4 is 5.73 Å². The Morgan fingerprint density at radius 3 is 2.93 bits per heavy atom. The predicted octanol–water partition coefficient (Wildman–Crippen LogP) is -0.591. The Kier molecular flexibility index (Phi) is 2.26. The lowest BCUT2D eigenvalue weighted by Gasteiger charge is -2.00. The van der Waals surface area contributed by atoms with Crippen LogP contribution in [0.5, 0.6) is 0 Å². The first-order valence-electron chi connectivity index (χ1n) is 3.75. The maximum absolute atomic E-state index is 11.0. The van der Waals surface area contributed by atoms with Crippen LogP contribution in [0.15, 0.2) is 6.20 Å². The number of amides is 1. The van der Waals surface area contributed by atoms with Crippen LogP contribution in [0.4, 0.5) is 0 Å². The zero-order valence-corrected chi connectivity index (χ0v) is 7.93. The third-order valence-corrected chi connectivity index (χ3v) is 1.73. The summed E-state index contributed by atoms with van der Waals surface area (Å²) in [6.07, 6.45) is 1.27. The van der Waals surface area contributed by atoms with Crippen LogP contribution in [0.2, 0.25) is 5.15 Å². The Morgan fingerprint density at radius 2 is 2.33 bits per heavy atom. The molecule has 9 heteroatoms. The first-order valence-corrected chi connectivity index (χ1v) is 4.12. The predicted molar refractivity (Wildman–Crippen MR) is 48.7 cm³/mol. The van der Waals surface area contributed by atoms with Gasteiger partial charge in [0.1, 0.15) is 10.8 Å². The van der Waals surface area contributed by atoms with Crippen LogP contribution in [0.3, 0.4) is 0 Å². The van der Waals surface area contributed by atoms with E-state index in [1.807, 2.05) is 0 Å². The molecule has 0 saturated heterocycles. The van der Waals surface area contributed by atoms with Crippen molar-refractivity contribution in [3.63, 3.8) is 0 Å². The van der Waals surface area contributed by atoms with E-state index in [0.29, 0.717) is 0 Å². The highest BCUT2D eigenvalue weighted by molar-refractivity contribution is 6.29. The number of nitrogens with zero attached hydrogens (tertiary/aromatic N) is 5. The molecule has 2 heterocycles. The molecule has 2 aromatic rings. The fourth-order valence-electron chi connectivity index (χ4n) is 0.972. The molecule has 2 aromatic heterocycles. The second kappa shape index (κ2) is 3.58. The van der Waals surface area contributed by atoms with Gasteiger partial charge < -0.3 is 5.73 Å². The van der Waals surface area contributed by atoms with Gasteiger partial charge in [0.05, 0.1) is 6.20 Å². The molecule has 0 aliphatic rings. The van der Waals surface area contributed by atoms with Crippen LogP contribution in [0.1, 0.15) is 10.5 Å². The molecule has 0 atom stereocenters. The molecule has 0 radical (unpaired) electrons. The van der Waals surface area contributed by atoms with E-state index in [9.17, 15) is 4.79 Å². The lowest BCUT2D eigenvalue weighted by Crippen LogP contribution is -2.16. The van der Waals surface area contributed by atoms with Gasteiger partial charge in [0.2, 0.25) is 5.82 Å². The maximum Gasteiger partial charge on any atom is 0.269 e. The Hall–Kier alpha value is -2.09. The van der Waals surface area contributed by atoms with E-state index in [0.717, 1.165) is 0 Å². The van der Waals surface area contributed by atoms with Gasteiger partial charge in [-0.3, -0.25) is 4.79 Å². The number of hydrogen-bond donors (Lipinski definition) is 2. The molecular weight excluding hydrogens is 222 g/mol. The third-order valence-electron chi connectivity index (χ3n) is 1.55. The SMILES string of the molecule is NC(=O)c1nc(Cl)cnc1-c1nnn[nH]1. The average molecular weight is 226 g/mol. The number of aromatic amines is 1. The van der Waals surface area contributed by atoms with Gasteiger partial charge in [0.25, 0.3) is 5.91 Å². The number of carbonyl (C=O) groups excluding carboxylic acids is 1. The van der Waals surface area contributed by atoms with Crippen LogP contribution in [-0.4, -0.2) is 36.5 Å². The second-order valence-corrected chi connectivity index (χ2v) is 2.89. The first kappa shape index (κ1) is 9.46. The smallest absolute Gasteiger partial charge is 0.269 e. The zero-order valence-electron chi connectivity index (χ0n) is 7.18. The fraction of sp³-hybridized carbons (Fsp3) is 0. The molecule has 3 N–H and O–H groups in total. The number of nitrogens with one attached hydrogen (secondary N) is 1. The quantitative estimate of drug-likeness (QED) is 0.704. The molecule has 1 amide bonds. The molecule has 15 heavy (non-hydrogen) atoms. The highest BCUT2D eigenvalue weighted by Gasteiger charge is 2.16. The minimum Gasteiger partial charge on any atom is -0.364 e. The van der Waals surface area contributed by atoms with E-state index in [4.69, 9.17) is 17.3 Å². The van der Waals surface area contributed by atoms with Crippen molar-refractivity contribution in [1.29, 1.82) is 0 Å². The van der Waals surface area contributed by atoms with Crippen molar-refractivity contribution in [2.75, 3.05) is 0 Å². The van der Waals surface area contributed by atoms with Crippen molar-refractivity contribution in [2.45, 2.75) is 0 Å². The summed E-state index contributed by atoms with van der Waals surface area (Å²) in [5, 5.41) is 12.8. The van der Waals surface area contributed by atoms with Crippen molar-refractivity contribution in [3.05, 3.63) is 17.0 Å². The molecule has 0 bridgehead atoms. The summed E-state index contributed by atoms with van der Waals surface area (Å²) in [6.45, 7) is 0. The Balaban J connectivity index is 2.61. The molecule has 0 fully saturated rings. The minimum absolute atomic E-state index is 0.0695. The normalized spacial score (nSPS) is 10.2. The highest BCUT2D eigenvalue weighted by atomic mass is 35.5. The first-order chi connectivity index (χ1) is 7.18. The highest BCUT2D eigenvalue weighted by Crippen LogP contribution is 2.15. The fourth-order valence-corrected chi connectivity index (χ4v) is 1.11. The third kappa shape index (κ3) is 1.74. The molecule has 2 rings (SSSR count). The van der Waals surface area contributed by atoms with Crippen molar-refractivity contribution in [2.24, 2.45) is 5.73 Å². The summed E-state index contributed by atoms with van der Waals surface area (Å²) < 4.78 is 0. The van der Waals surface area contributed by atoms with Crippen LogP contribution in [0.25, 0.3) is 11.5 Å². The number of primary amides is 1. The number of tetrazole rings is 1. The standard InChI is InChI=1S/C6H4ClN7O/c7-2-1-9-4(3(10-2)5(8)15)6-11-13-14-12-6/h1H,(H2,8,15)(H,11,12,13,14). The molecule has 0 aliphatic heterocycles. The van der Waals surface area contributed by atoms with Gasteiger partial charge >= 0.3 is 0 Å². The molecule has 0 saturated carbocycles. The number of halogens is 1. The summed E-state index contributed by atoms with van der Waals surface area (Å²) in [5.74, 6) is -0.552. The number of carbonyl (C=O) groups is 1. The number of rotatable bonds is 2. The average Bonchev–Trinajstić information content (AvgIpc) is 2.70. The molecule has 0 aromatic carbocycles. The van der Waals surface area contributed by atoms with Gasteiger partial charge in [-0.25, -0.2) is 15.1 Å². The number of hydrogen-bond acceptors (Lipinski definition) is 6. The van der Waals surface area contributed by atoms with E-state index >= 15 is 0 Å². The lowest BCUT2D eigenvalue weighted by molar-refractivity contribution is 0.0996. The largest absolute Gasteiger partial charge is 0.364 e. The van der Waals surface area contributed by atoms with Crippen molar-refractivity contribution >= 4 is 17.5 Å². The number of nitrogens with two attached hydrogens (primary N) is 1. The van der Waals surface area contributed by atoms with Gasteiger partial charge in [-0.15, -0.1) is 5.10 Å². The van der Waals surface area contributed by atoms with E-state index in [1.165, 1.54) is 6.20 Å². The zero-order chi connectivity index (χ0) is 10.8. The summed E-state index contributed by atoms with van der Waals surface area (Å²) >= 11 is 5.58. The molecule has 8 nitrogen and oxygen atoms in total. The topological polar surface area (TPSA) is 123 Å². The summed E-state index contributed by atoms with van der Waals surface area (Å²) in [6, 6.07) is 0. The van der Waals surface area contributed by atoms with Gasteiger partial charge in [0.15, 0.2) is 5.69 Å². The van der Waals surface area contributed by atoms with Crippen LogP contribution in [-0.2, 0) is 0 Å². The maximum atomic E-state index is 11.0. The summed E-state index contributed by atoms with van der Waals surface area (Å²) in [7, 11) is 0. The molecule has 0 spiro atoms. The molecule has 0 aliphatic carbocycles. The van der Waals surface area contributed by atoms with Gasteiger partial charge in [-0.2, -0.15) is 0 Å². The Morgan fingerprint density at radius 1 is 1.53 bits per heavy atom. The summed E-state index contributed by atoms with van der Waals surface area (Å²) in [4.78, 5) is 18.7. The lowest BCUT2D eigenvalue weighted by atomic mass is 10.3. The van der Waals surface area contributed by atoms with E-state index < -0.39 is 5.91 Å². The van der Waals surface area contributed by atoms with E-state index in [-0.39, 0.29) is 22.4 Å². The van der Waals surface area contributed by atoms with Crippen molar-refractivity contribution in [3.8, 4) is 11.5 Å². The van der Waals surface area contributed by atoms with Crippen LogP contribution >= 0.6 is 11.6 Å². The molecular formula is C6H4ClN7O.